The minimum absolute atomic E-state index is 0.0593. The Balaban J connectivity index is 1.86. The molecule has 0 radical (unpaired) electrons. The molecule has 2 unspecified atom stereocenters. The Labute approximate surface area is 351 Å². The van der Waals surface area contributed by atoms with Gasteiger partial charge in [0.05, 0.1) is 68.1 Å². The van der Waals surface area contributed by atoms with E-state index >= 15 is 0 Å². The number of carbonyl (C=O) groups excluding carboxylic acids is 1. The van der Waals surface area contributed by atoms with Gasteiger partial charge in [0, 0.05) is 44.6 Å². The molecule has 0 aromatic carbocycles. The Kier molecular flexibility index (Phi) is 18.0. The molecule has 2 bridgehead atoms. The van der Waals surface area contributed by atoms with Gasteiger partial charge >= 0.3 is 5.97 Å². The van der Waals surface area contributed by atoms with Gasteiger partial charge < -0.3 is 73.1 Å². The van der Waals surface area contributed by atoms with Gasteiger partial charge in [-0.05, 0) is 73.9 Å². The van der Waals surface area contributed by atoms with E-state index in [2.05, 4.69) is 5.32 Å². The summed E-state index contributed by atoms with van der Waals surface area (Å²) in [7, 11) is 6.81. The molecule has 4 fully saturated rings. The highest BCUT2D eigenvalue weighted by molar-refractivity contribution is 5.73. The average Bonchev–Trinajstić information content (AvgIpc) is 3.16. The number of cyclic esters (lactones) is 1. The predicted octanol–water partition coefficient (Wildman–Crippen LogP) is 1.17. The summed E-state index contributed by atoms with van der Waals surface area (Å²) >= 11 is 0. The van der Waals surface area contributed by atoms with E-state index in [1.54, 1.807) is 48.7 Å². The molecule has 6 N–H and O–H groups in total. The SMILES string of the molecule is CCC1OC(=O)[C@H](CO)C(O[C@H]2C[C@@](C)(OC)[C@@H](O)[C@H](C)O2)[C@H](C)[C@@H](O[C@@H]2O[C@H](C)C[C@H](N(C)C)[C@H]2O)[C@](C)(O)C[C@@H](C)[C@@H]2N[C@@H](COCCOC)O[C@H]([C@H]2C)[C@]1(C)O. The van der Waals surface area contributed by atoms with Gasteiger partial charge in [-0.3, -0.25) is 10.1 Å². The summed E-state index contributed by atoms with van der Waals surface area (Å²) in [6, 6.07) is -0.674. The average molecular weight is 851 g/mol. The highest BCUT2D eigenvalue weighted by atomic mass is 16.7. The van der Waals surface area contributed by atoms with Gasteiger partial charge in [-0.2, -0.15) is 0 Å². The maximum Gasteiger partial charge on any atom is 0.314 e. The molecule has 0 spiro atoms. The Morgan fingerprint density at radius 2 is 1.61 bits per heavy atom. The zero-order chi connectivity index (χ0) is 44.2. The smallest absolute Gasteiger partial charge is 0.314 e. The molecule has 0 saturated carbocycles. The van der Waals surface area contributed by atoms with Crippen LogP contribution in [-0.4, -0.2) is 188 Å². The molecule has 0 aromatic heterocycles. The van der Waals surface area contributed by atoms with Crippen molar-refractivity contribution < 1.29 is 73.0 Å². The second-order valence-electron chi connectivity index (χ2n) is 18.6. The van der Waals surface area contributed by atoms with Crippen molar-refractivity contribution in [3.63, 3.8) is 0 Å². The fraction of sp³-hybridized carbons (Fsp3) is 0.976. The first kappa shape index (κ1) is 50.5. The Bertz CT molecular complexity index is 1310. The standard InChI is InChI=1S/C42H78N2O15/c1-14-29-42(9,50)37-24(4)32(43-30(57-37)21-53-16-15-51-12)22(2)18-40(7,49)36(59-39-33(46)28(44(10)11)17-23(3)54-39)25(5)34(27(20-45)38(48)56-29)58-31-19-41(8,52-13)35(47)26(6)55-31/h22-37,39,43,45-47,49-50H,14-21H2,1-13H3/t22-,23-,24+,25+,26+,27-,28+,29?,30-,31+,32+,33-,34?,35+,36-,37-,39+,40-,41-,42-/m1/s1. The zero-order valence-corrected chi connectivity index (χ0v) is 37.7. The van der Waals surface area contributed by atoms with E-state index in [-0.39, 0.29) is 55.9 Å². The maximum absolute atomic E-state index is 14.6. The third-order valence-electron chi connectivity index (χ3n) is 13.5. The summed E-state index contributed by atoms with van der Waals surface area (Å²) in [5.41, 5.74) is -4.50. The first-order valence-corrected chi connectivity index (χ1v) is 21.5. The van der Waals surface area contributed by atoms with Crippen LogP contribution in [0.2, 0.25) is 0 Å². The maximum atomic E-state index is 14.6. The first-order chi connectivity index (χ1) is 27.6. The lowest BCUT2D eigenvalue weighted by Gasteiger charge is -2.52. The fourth-order valence-electron chi connectivity index (χ4n) is 10.1. The fourth-order valence-corrected chi connectivity index (χ4v) is 10.1. The summed E-state index contributed by atoms with van der Waals surface area (Å²) in [5.74, 6) is -3.82. The van der Waals surface area contributed by atoms with Crippen molar-refractivity contribution in [2.75, 3.05) is 54.7 Å². The van der Waals surface area contributed by atoms with Crippen LogP contribution in [0.15, 0.2) is 0 Å². The molecule has 20 atom stereocenters. The molecule has 17 heteroatoms. The molecule has 0 amide bonds. The van der Waals surface area contributed by atoms with Crippen LogP contribution in [0.5, 0.6) is 0 Å². The van der Waals surface area contributed by atoms with E-state index < -0.39 is 103 Å². The van der Waals surface area contributed by atoms with Crippen molar-refractivity contribution in [3.05, 3.63) is 0 Å². The van der Waals surface area contributed by atoms with E-state index in [0.717, 1.165) is 0 Å². The summed E-state index contributed by atoms with van der Waals surface area (Å²) in [6.07, 6.45) is -9.48. The summed E-state index contributed by atoms with van der Waals surface area (Å²) in [5, 5.41) is 62.7. The van der Waals surface area contributed by atoms with Crippen molar-refractivity contribution in [3.8, 4) is 0 Å². The van der Waals surface area contributed by atoms with Crippen molar-refractivity contribution in [2.24, 2.45) is 23.7 Å². The minimum Gasteiger partial charge on any atom is -0.459 e. The van der Waals surface area contributed by atoms with Crippen molar-refractivity contribution in [1.29, 1.82) is 0 Å². The van der Waals surface area contributed by atoms with Crippen LogP contribution in [0.3, 0.4) is 0 Å². The topological polar surface area (TPSA) is 217 Å². The third-order valence-corrected chi connectivity index (χ3v) is 13.5. The highest BCUT2D eigenvalue weighted by Crippen LogP contribution is 2.43. The molecule has 59 heavy (non-hydrogen) atoms. The van der Waals surface area contributed by atoms with E-state index in [1.165, 1.54) is 7.11 Å². The predicted molar refractivity (Wildman–Crippen MR) is 215 cm³/mol. The van der Waals surface area contributed by atoms with Crippen LogP contribution < -0.4 is 5.32 Å². The van der Waals surface area contributed by atoms with Gasteiger partial charge in [-0.1, -0.05) is 27.7 Å². The van der Waals surface area contributed by atoms with Crippen LogP contribution in [0.4, 0.5) is 0 Å². The molecule has 0 aromatic rings. The summed E-state index contributed by atoms with van der Waals surface area (Å²) in [6.45, 7) is 16.2. The molecular weight excluding hydrogens is 772 g/mol. The van der Waals surface area contributed by atoms with Crippen LogP contribution in [0.1, 0.15) is 88.0 Å². The quantitative estimate of drug-likeness (QED) is 0.113. The molecule has 0 aliphatic carbocycles. The van der Waals surface area contributed by atoms with E-state index in [4.69, 9.17) is 42.6 Å². The van der Waals surface area contributed by atoms with Gasteiger partial charge in [0.15, 0.2) is 12.6 Å². The van der Waals surface area contributed by atoms with Gasteiger partial charge in [0.2, 0.25) is 0 Å². The lowest BCUT2D eigenvalue weighted by Crippen LogP contribution is -2.67. The number of hydrogen-bond acceptors (Lipinski definition) is 17. The number of nitrogens with zero attached hydrogens (tertiary/aromatic N) is 1. The third kappa shape index (κ3) is 11.5. The number of esters is 1. The molecule has 4 rings (SSSR count). The van der Waals surface area contributed by atoms with Crippen LogP contribution in [0, 0.1) is 23.7 Å². The number of nitrogens with one attached hydrogen (secondary N) is 1. The number of aliphatic hydroxyl groups is 5. The monoisotopic (exact) mass is 851 g/mol. The Hall–Kier alpha value is -1.13. The highest BCUT2D eigenvalue weighted by Gasteiger charge is 2.56. The van der Waals surface area contributed by atoms with Crippen LogP contribution >= 0.6 is 0 Å². The van der Waals surface area contributed by atoms with Gasteiger partial charge in [-0.15, -0.1) is 0 Å². The number of hydrogen-bond donors (Lipinski definition) is 6. The molecule has 4 aliphatic rings. The number of carbonyl (C=O) groups is 1. The number of aliphatic hydroxyl groups excluding tert-OH is 3. The van der Waals surface area contributed by atoms with E-state index in [0.29, 0.717) is 19.6 Å². The van der Waals surface area contributed by atoms with E-state index in [1.807, 2.05) is 39.8 Å². The molecule has 4 saturated heterocycles. The van der Waals surface area contributed by atoms with Crippen LogP contribution in [0.25, 0.3) is 0 Å². The second kappa shape index (κ2) is 21.0. The Morgan fingerprint density at radius 3 is 2.20 bits per heavy atom. The number of fused-ring (bicyclic) bond motifs is 2. The van der Waals surface area contributed by atoms with Gasteiger partial charge in [-0.25, -0.2) is 0 Å². The van der Waals surface area contributed by atoms with Crippen LogP contribution in [-0.2, 0) is 47.4 Å². The molecular formula is C42H78N2O15. The van der Waals surface area contributed by atoms with Crippen molar-refractivity contribution >= 4 is 5.97 Å². The Morgan fingerprint density at radius 1 is 0.932 bits per heavy atom. The van der Waals surface area contributed by atoms with Crippen molar-refractivity contribution in [1.82, 2.24) is 10.2 Å². The molecule has 4 aliphatic heterocycles. The summed E-state index contributed by atoms with van der Waals surface area (Å²) < 4.78 is 55.4. The normalized spacial score (nSPS) is 48.1. The lowest BCUT2D eigenvalue weighted by molar-refractivity contribution is -0.319. The molecule has 17 nitrogen and oxygen atoms in total. The number of likely N-dealkylation sites (N-methyl/N-ethyl adjacent to an activating group) is 1. The molecule has 346 valence electrons. The second-order valence-corrected chi connectivity index (χ2v) is 18.6. The van der Waals surface area contributed by atoms with Gasteiger partial charge in [0.1, 0.15) is 36.1 Å². The molecule has 4 heterocycles. The van der Waals surface area contributed by atoms with E-state index in [9.17, 15) is 30.3 Å². The van der Waals surface area contributed by atoms with Gasteiger partial charge in [0.25, 0.3) is 0 Å². The number of methoxy groups -OCH3 is 2. The summed E-state index contributed by atoms with van der Waals surface area (Å²) in [4.78, 5) is 16.5. The lowest BCUT2D eigenvalue weighted by atomic mass is 9.71. The van der Waals surface area contributed by atoms with Crippen molar-refractivity contribution in [2.45, 2.75) is 185 Å². The number of ether oxygens (including phenoxy) is 9. The zero-order valence-electron chi connectivity index (χ0n) is 37.7. The minimum atomic E-state index is -1.72. The first-order valence-electron chi connectivity index (χ1n) is 21.5. The largest absolute Gasteiger partial charge is 0.459 e. The number of rotatable bonds is 13.